The molecule has 0 atom stereocenters. The van der Waals surface area contributed by atoms with Crippen LogP contribution < -0.4 is 5.32 Å². The van der Waals surface area contributed by atoms with Crippen LogP contribution in [0.3, 0.4) is 0 Å². The van der Waals surface area contributed by atoms with Gasteiger partial charge in [0.05, 0.1) is 0 Å². The number of hydrogen-bond donors (Lipinski definition) is 1. The number of benzene rings is 1. The van der Waals surface area contributed by atoms with Crippen molar-refractivity contribution in [2.24, 2.45) is 4.99 Å². The molecule has 6 heteroatoms. The van der Waals surface area contributed by atoms with Crippen molar-refractivity contribution in [1.29, 1.82) is 0 Å². The Morgan fingerprint density at radius 3 is 2.19 bits per heavy atom. The van der Waals surface area contributed by atoms with Gasteiger partial charge < -0.3 is 20.0 Å². The average molecular weight is 358 g/mol. The number of carbonyl (C=O) groups excluding carboxylic acids is 1. The third-order valence-electron chi connectivity index (χ3n) is 4.24. The predicted molar refractivity (Wildman–Crippen MR) is 109 cm³/mol. The zero-order chi connectivity index (χ0) is 18.9. The highest BCUT2D eigenvalue weighted by Gasteiger charge is 2.19. The summed E-state index contributed by atoms with van der Waals surface area (Å²) >= 11 is 0. The van der Waals surface area contributed by atoms with Crippen LogP contribution in [0.4, 0.5) is 5.69 Å². The fraction of sp³-hybridized carbons (Fsp3) is 0.500. The summed E-state index contributed by atoms with van der Waals surface area (Å²) in [4.78, 5) is 23.7. The first-order valence-corrected chi connectivity index (χ1v) is 9.16. The van der Waals surface area contributed by atoms with E-state index in [4.69, 9.17) is 0 Å². The third-order valence-corrected chi connectivity index (χ3v) is 4.24. The van der Waals surface area contributed by atoms with Gasteiger partial charge in [-0.3, -0.25) is 4.79 Å². The molecule has 1 aliphatic heterocycles. The summed E-state index contributed by atoms with van der Waals surface area (Å²) in [5, 5.41) is 3.21. The lowest BCUT2D eigenvalue weighted by molar-refractivity contribution is -0.127. The number of nitrogens with zero attached hydrogens (tertiary/aromatic N) is 4. The number of anilines is 1. The third kappa shape index (κ3) is 6.28. The lowest BCUT2D eigenvalue weighted by Gasteiger charge is -2.24. The summed E-state index contributed by atoms with van der Waals surface area (Å²) in [6.07, 6.45) is 5.38. The van der Waals surface area contributed by atoms with Crippen molar-refractivity contribution in [3.63, 3.8) is 0 Å². The molecule has 0 radical (unpaired) electrons. The Hall–Kier alpha value is -2.18. The molecule has 1 N–H and O–H groups in total. The van der Waals surface area contributed by atoms with Gasteiger partial charge in [0, 0.05) is 36.8 Å². The highest BCUT2D eigenvalue weighted by molar-refractivity contribution is 5.99. The number of para-hydroxylation sites is 1. The number of carbonyl (C=O) groups is 1. The summed E-state index contributed by atoms with van der Waals surface area (Å²) in [7, 11) is 8.21. The summed E-state index contributed by atoms with van der Waals surface area (Å²) in [6.45, 7) is 3.40. The second kappa shape index (κ2) is 10.1. The maximum Gasteiger partial charge on any atom is 0.273 e. The van der Waals surface area contributed by atoms with Gasteiger partial charge >= 0.3 is 0 Å². The number of nitrogens with one attached hydrogen (secondary N) is 1. The van der Waals surface area contributed by atoms with E-state index in [0.29, 0.717) is 5.70 Å². The zero-order valence-corrected chi connectivity index (χ0v) is 16.4. The van der Waals surface area contributed by atoms with Crippen LogP contribution in [0.1, 0.15) is 18.4 Å². The van der Waals surface area contributed by atoms with Crippen molar-refractivity contribution < 1.29 is 4.79 Å². The molecule has 1 aliphatic rings. The molecule has 1 aromatic rings. The van der Waals surface area contributed by atoms with E-state index >= 15 is 0 Å². The average Bonchev–Trinajstić information content (AvgIpc) is 2.82. The maximum absolute atomic E-state index is 13.0. The maximum atomic E-state index is 13.0. The van der Waals surface area contributed by atoms with Gasteiger partial charge in [-0.15, -0.1) is 0 Å². The molecule has 0 saturated carbocycles. The molecule has 142 valence electrons. The second-order valence-corrected chi connectivity index (χ2v) is 7.13. The molecule has 1 aromatic carbocycles. The smallest absolute Gasteiger partial charge is 0.273 e. The van der Waals surface area contributed by atoms with Crippen LogP contribution in [0.25, 0.3) is 0 Å². The number of rotatable bonds is 9. The zero-order valence-electron chi connectivity index (χ0n) is 16.4. The molecule has 0 aromatic heterocycles. The first kappa shape index (κ1) is 20.1. The van der Waals surface area contributed by atoms with E-state index in [1.165, 1.54) is 0 Å². The van der Waals surface area contributed by atoms with Crippen molar-refractivity contribution >= 4 is 17.8 Å². The molecule has 0 unspecified atom stereocenters. The van der Waals surface area contributed by atoms with Crippen LogP contribution >= 0.6 is 0 Å². The Balaban J connectivity index is 2.05. The summed E-state index contributed by atoms with van der Waals surface area (Å²) in [5.41, 5.74) is 2.40. The Morgan fingerprint density at radius 1 is 0.962 bits per heavy atom. The van der Waals surface area contributed by atoms with E-state index in [1.807, 2.05) is 29.2 Å². The van der Waals surface area contributed by atoms with E-state index in [2.05, 4.69) is 48.3 Å². The number of aliphatic imine (C=N–C) groups is 1. The van der Waals surface area contributed by atoms with Gasteiger partial charge in [0.15, 0.2) is 0 Å². The van der Waals surface area contributed by atoms with E-state index in [0.717, 1.165) is 50.3 Å². The topological polar surface area (TPSA) is 51.2 Å². The number of amides is 1. The standard InChI is InChI=1S/C20H31N5O/c1-23(2)11-7-13-25(14-8-12-24(3)4)20(26)19-16-22-18-10-6-5-9-17(18)15-21-19/h5-6,9-10,15-16,22H,7-8,11-14H2,1-4H3. The van der Waals surface area contributed by atoms with Crippen molar-refractivity contribution in [3.05, 3.63) is 41.7 Å². The molecule has 0 spiro atoms. The highest BCUT2D eigenvalue weighted by atomic mass is 16.2. The predicted octanol–water partition coefficient (Wildman–Crippen LogP) is 2.10. The van der Waals surface area contributed by atoms with Crippen molar-refractivity contribution in [2.75, 3.05) is 59.7 Å². The summed E-state index contributed by atoms with van der Waals surface area (Å²) in [5.74, 6) is -0.0148. The van der Waals surface area contributed by atoms with Crippen LogP contribution in [0.2, 0.25) is 0 Å². The molecular weight excluding hydrogens is 326 g/mol. The Kier molecular flexibility index (Phi) is 7.81. The SMILES string of the molecule is CN(C)CCCN(CCCN(C)C)C(=O)C1=CNc2ccccc2C=N1. The van der Waals surface area contributed by atoms with Gasteiger partial charge in [-0.1, -0.05) is 18.2 Å². The fourth-order valence-electron chi connectivity index (χ4n) is 2.81. The van der Waals surface area contributed by atoms with Crippen LogP contribution in [0.15, 0.2) is 41.2 Å². The van der Waals surface area contributed by atoms with Gasteiger partial charge in [0.1, 0.15) is 5.70 Å². The fourth-order valence-corrected chi connectivity index (χ4v) is 2.81. The minimum atomic E-state index is -0.0148. The highest BCUT2D eigenvalue weighted by Crippen LogP contribution is 2.18. The first-order chi connectivity index (χ1) is 12.5. The summed E-state index contributed by atoms with van der Waals surface area (Å²) < 4.78 is 0. The van der Waals surface area contributed by atoms with Gasteiger partial charge in [0.25, 0.3) is 5.91 Å². The lowest BCUT2D eigenvalue weighted by Crippen LogP contribution is -2.36. The largest absolute Gasteiger partial charge is 0.359 e. The second-order valence-electron chi connectivity index (χ2n) is 7.13. The molecule has 0 bridgehead atoms. The normalized spacial score (nSPS) is 13.2. The molecule has 0 fully saturated rings. The van der Waals surface area contributed by atoms with Gasteiger partial charge in [0.2, 0.25) is 0 Å². The van der Waals surface area contributed by atoms with Crippen molar-refractivity contribution in [2.45, 2.75) is 12.8 Å². The number of fused-ring (bicyclic) bond motifs is 1. The van der Waals surface area contributed by atoms with E-state index in [-0.39, 0.29) is 5.91 Å². The summed E-state index contributed by atoms with van der Waals surface area (Å²) in [6, 6.07) is 7.90. The minimum Gasteiger partial charge on any atom is -0.359 e. The number of hydrogen-bond acceptors (Lipinski definition) is 5. The lowest BCUT2D eigenvalue weighted by atomic mass is 10.2. The van der Waals surface area contributed by atoms with E-state index in [1.54, 1.807) is 12.4 Å². The van der Waals surface area contributed by atoms with Gasteiger partial charge in [-0.25, -0.2) is 4.99 Å². The molecule has 26 heavy (non-hydrogen) atoms. The Morgan fingerprint density at radius 2 is 1.58 bits per heavy atom. The molecule has 0 aliphatic carbocycles. The van der Waals surface area contributed by atoms with E-state index < -0.39 is 0 Å². The van der Waals surface area contributed by atoms with Crippen molar-refractivity contribution in [1.82, 2.24) is 14.7 Å². The Labute approximate surface area is 157 Å². The molecule has 0 saturated heterocycles. The van der Waals surface area contributed by atoms with Crippen LogP contribution in [0, 0.1) is 0 Å². The molecule has 6 nitrogen and oxygen atoms in total. The monoisotopic (exact) mass is 357 g/mol. The van der Waals surface area contributed by atoms with E-state index in [9.17, 15) is 4.79 Å². The van der Waals surface area contributed by atoms with Crippen molar-refractivity contribution in [3.8, 4) is 0 Å². The molecule has 2 rings (SSSR count). The van der Waals surface area contributed by atoms with Crippen LogP contribution in [0.5, 0.6) is 0 Å². The first-order valence-electron chi connectivity index (χ1n) is 9.16. The quantitative estimate of drug-likeness (QED) is 0.735. The van der Waals surface area contributed by atoms with Gasteiger partial charge in [-0.05, 0) is 60.2 Å². The van der Waals surface area contributed by atoms with Crippen LogP contribution in [-0.4, -0.2) is 81.2 Å². The molecule has 1 heterocycles. The molecule has 1 amide bonds. The Bertz CT molecular complexity index is 637. The van der Waals surface area contributed by atoms with Gasteiger partial charge in [-0.2, -0.15) is 0 Å². The molecular formula is C20H31N5O. The van der Waals surface area contributed by atoms with Crippen LogP contribution in [-0.2, 0) is 4.79 Å². The minimum absolute atomic E-state index is 0.0148.